The molecule has 0 aromatic carbocycles. The second-order valence-corrected chi connectivity index (χ2v) is 6.46. The topological polar surface area (TPSA) is 67.5 Å². The van der Waals surface area contributed by atoms with Crippen LogP contribution in [0.5, 0.6) is 0 Å². The third kappa shape index (κ3) is 2.68. The molecule has 0 bridgehead atoms. The highest BCUT2D eigenvalue weighted by Crippen LogP contribution is 2.29. The fraction of sp³-hybridized carbons (Fsp3) is 0.786. The molecular weight excluding hydrogens is 244 g/mol. The van der Waals surface area contributed by atoms with E-state index < -0.39 is 5.60 Å². The molecule has 5 heteroatoms. The molecule has 106 valence electrons. The van der Waals surface area contributed by atoms with Gasteiger partial charge in [-0.25, -0.2) is 0 Å². The summed E-state index contributed by atoms with van der Waals surface area (Å²) in [6.45, 7) is 4.86. The molecule has 3 rings (SSSR count). The van der Waals surface area contributed by atoms with E-state index >= 15 is 0 Å². The minimum atomic E-state index is -0.976. The maximum absolute atomic E-state index is 9.89. The standard InChI is InChI=1S/C14H22N2O3/c1-13(2,17)12-6-11(16-19-12)7-14(8-18-9-14)15-10-4-3-5-10/h6,10,15,17H,3-5,7-9H2,1-2H3. The summed E-state index contributed by atoms with van der Waals surface area (Å²) in [7, 11) is 0. The molecule has 0 spiro atoms. The van der Waals surface area contributed by atoms with Crippen molar-refractivity contribution in [3.05, 3.63) is 17.5 Å². The fourth-order valence-electron chi connectivity index (χ4n) is 2.60. The van der Waals surface area contributed by atoms with Gasteiger partial charge in [-0.3, -0.25) is 0 Å². The van der Waals surface area contributed by atoms with Crippen molar-refractivity contribution < 1.29 is 14.4 Å². The smallest absolute Gasteiger partial charge is 0.167 e. The number of hydrogen-bond acceptors (Lipinski definition) is 5. The van der Waals surface area contributed by atoms with Crippen molar-refractivity contribution >= 4 is 0 Å². The van der Waals surface area contributed by atoms with Gasteiger partial charge in [0.15, 0.2) is 5.76 Å². The number of nitrogens with one attached hydrogen (secondary N) is 1. The Bertz CT molecular complexity index is 442. The van der Waals surface area contributed by atoms with Crippen LogP contribution in [-0.4, -0.2) is 35.1 Å². The zero-order valence-corrected chi connectivity index (χ0v) is 11.6. The van der Waals surface area contributed by atoms with Crippen LogP contribution in [0.4, 0.5) is 0 Å². The highest BCUT2D eigenvalue weighted by molar-refractivity contribution is 5.15. The number of hydrogen-bond donors (Lipinski definition) is 2. The van der Waals surface area contributed by atoms with Gasteiger partial charge in [0.1, 0.15) is 5.60 Å². The van der Waals surface area contributed by atoms with Gasteiger partial charge in [-0.1, -0.05) is 11.6 Å². The molecule has 1 aliphatic heterocycles. The summed E-state index contributed by atoms with van der Waals surface area (Å²) in [5.41, 5.74) is -0.0818. The van der Waals surface area contributed by atoms with Gasteiger partial charge in [-0.15, -0.1) is 0 Å². The second kappa shape index (κ2) is 4.58. The van der Waals surface area contributed by atoms with Crippen molar-refractivity contribution in [3.63, 3.8) is 0 Å². The van der Waals surface area contributed by atoms with Gasteiger partial charge in [0.25, 0.3) is 0 Å². The lowest BCUT2D eigenvalue weighted by Gasteiger charge is -2.46. The SMILES string of the molecule is CC(C)(O)c1cc(CC2(NC3CCC3)COC2)no1. The molecule has 0 amide bonds. The highest BCUT2D eigenvalue weighted by atomic mass is 16.5. The third-order valence-electron chi connectivity index (χ3n) is 4.05. The van der Waals surface area contributed by atoms with Gasteiger partial charge in [-0.05, 0) is 26.7 Å². The predicted molar refractivity (Wildman–Crippen MR) is 69.8 cm³/mol. The molecule has 0 atom stereocenters. The average Bonchev–Trinajstić information content (AvgIpc) is 2.67. The molecule has 2 fully saturated rings. The predicted octanol–water partition coefficient (Wildman–Crippen LogP) is 1.36. The van der Waals surface area contributed by atoms with Gasteiger partial charge < -0.3 is 19.7 Å². The monoisotopic (exact) mass is 266 g/mol. The second-order valence-electron chi connectivity index (χ2n) is 6.46. The molecule has 0 radical (unpaired) electrons. The van der Waals surface area contributed by atoms with E-state index in [0.29, 0.717) is 11.8 Å². The van der Waals surface area contributed by atoms with E-state index in [0.717, 1.165) is 25.3 Å². The normalized spacial score (nSPS) is 22.9. The van der Waals surface area contributed by atoms with Crippen LogP contribution in [0.25, 0.3) is 0 Å². The first-order valence-electron chi connectivity index (χ1n) is 7.01. The lowest BCUT2D eigenvalue weighted by molar-refractivity contribution is -0.0838. The average molecular weight is 266 g/mol. The van der Waals surface area contributed by atoms with Crippen molar-refractivity contribution in [2.75, 3.05) is 13.2 Å². The Kier molecular flexibility index (Phi) is 3.15. The quantitative estimate of drug-likeness (QED) is 0.842. The number of aromatic nitrogens is 1. The first-order valence-corrected chi connectivity index (χ1v) is 7.01. The number of aliphatic hydroxyl groups is 1. The van der Waals surface area contributed by atoms with Gasteiger partial charge in [0, 0.05) is 18.5 Å². The van der Waals surface area contributed by atoms with E-state index in [-0.39, 0.29) is 5.54 Å². The van der Waals surface area contributed by atoms with E-state index in [2.05, 4.69) is 10.5 Å². The van der Waals surface area contributed by atoms with Crippen LogP contribution in [0.2, 0.25) is 0 Å². The van der Waals surface area contributed by atoms with Crippen molar-refractivity contribution in [2.24, 2.45) is 0 Å². The Hall–Kier alpha value is -0.910. The molecule has 2 N–H and O–H groups in total. The summed E-state index contributed by atoms with van der Waals surface area (Å²) >= 11 is 0. The van der Waals surface area contributed by atoms with E-state index in [1.165, 1.54) is 19.3 Å². The Morgan fingerprint density at radius 1 is 1.47 bits per heavy atom. The summed E-state index contributed by atoms with van der Waals surface area (Å²) in [5.74, 6) is 0.515. The largest absolute Gasteiger partial charge is 0.382 e. The Balaban J connectivity index is 1.67. The maximum Gasteiger partial charge on any atom is 0.167 e. The van der Waals surface area contributed by atoms with Crippen molar-refractivity contribution in [1.82, 2.24) is 10.5 Å². The molecule has 5 nitrogen and oxygen atoms in total. The van der Waals surface area contributed by atoms with E-state index in [4.69, 9.17) is 9.26 Å². The van der Waals surface area contributed by atoms with Crippen molar-refractivity contribution in [1.29, 1.82) is 0 Å². The lowest BCUT2D eigenvalue weighted by Crippen LogP contribution is -2.65. The third-order valence-corrected chi connectivity index (χ3v) is 4.05. The van der Waals surface area contributed by atoms with Crippen LogP contribution in [0.3, 0.4) is 0 Å². The van der Waals surface area contributed by atoms with E-state index in [1.807, 2.05) is 6.07 Å². The Labute approximate surface area is 113 Å². The molecule has 1 aliphatic carbocycles. The highest BCUT2D eigenvalue weighted by Gasteiger charge is 2.42. The maximum atomic E-state index is 9.89. The van der Waals surface area contributed by atoms with Crippen LogP contribution in [-0.2, 0) is 16.8 Å². The van der Waals surface area contributed by atoms with Crippen LogP contribution in [0.15, 0.2) is 10.6 Å². The van der Waals surface area contributed by atoms with Gasteiger partial charge in [0.2, 0.25) is 0 Å². The van der Waals surface area contributed by atoms with Crippen LogP contribution < -0.4 is 5.32 Å². The number of nitrogens with zero attached hydrogens (tertiary/aromatic N) is 1. The molecule has 1 aromatic heterocycles. The van der Waals surface area contributed by atoms with Crippen LogP contribution in [0.1, 0.15) is 44.6 Å². The molecule has 0 unspecified atom stereocenters. The van der Waals surface area contributed by atoms with Gasteiger partial charge in [-0.2, -0.15) is 0 Å². The molecule has 1 saturated carbocycles. The molecule has 1 saturated heterocycles. The van der Waals surface area contributed by atoms with Crippen LogP contribution in [0, 0.1) is 0 Å². The summed E-state index contributed by atoms with van der Waals surface area (Å²) < 4.78 is 10.6. The number of ether oxygens (including phenoxy) is 1. The Morgan fingerprint density at radius 2 is 2.21 bits per heavy atom. The van der Waals surface area contributed by atoms with E-state index in [1.54, 1.807) is 13.8 Å². The van der Waals surface area contributed by atoms with Crippen molar-refractivity contribution in [3.8, 4) is 0 Å². The Morgan fingerprint density at radius 3 is 2.63 bits per heavy atom. The summed E-state index contributed by atoms with van der Waals surface area (Å²) in [4.78, 5) is 0. The lowest BCUT2D eigenvalue weighted by atomic mass is 9.85. The molecular formula is C14H22N2O3. The van der Waals surface area contributed by atoms with Gasteiger partial charge >= 0.3 is 0 Å². The fourth-order valence-corrected chi connectivity index (χ4v) is 2.60. The molecule has 2 heterocycles. The minimum Gasteiger partial charge on any atom is -0.382 e. The summed E-state index contributed by atoms with van der Waals surface area (Å²) in [6.07, 6.45) is 4.63. The van der Waals surface area contributed by atoms with E-state index in [9.17, 15) is 5.11 Å². The minimum absolute atomic E-state index is 0.0127. The number of rotatable bonds is 5. The molecule has 2 aliphatic rings. The summed E-state index contributed by atoms with van der Waals surface area (Å²) in [5, 5.41) is 17.7. The molecule has 1 aromatic rings. The first-order chi connectivity index (χ1) is 8.97. The van der Waals surface area contributed by atoms with Crippen LogP contribution >= 0.6 is 0 Å². The van der Waals surface area contributed by atoms with Crippen molar-refractivity contribution in [2.45, 2.75) is 56.7 Å². The molecule has 19 heavy (non-hydrogen) atoms. The zero-order chi connectivity index (χ0) is 13.5. The zero-order valence-electron chi connectivity index (χ0n) is 11.6. The first kappa shape index (κ1) is 13.1. The van der Waals surface area contributed by atoms with Gasteiger partial charge in [0.05, 0.1) is 24.4 Å². The summed E-state index contributed by atoms with van der Waals surface area (Å²) in [6, 6.07) is 2.48.